The molecular formula is C15H17NO3S. The first-order valence-electron chi connectivity index (χ1n) is 6.43. The molecule has 1 aromatic heterocycles. The Balaban J connectivity index is 1.94. The molecule has 1 heterocycles. The van der Waals surface area contributed by atoms with Crippen molar-refractivity contribution in [1.29, 1.82) is 0 Å². The van der Waals surface area contributed by atoms with Crippen LogP contribution in [0.3, 0.4) is 0 Å². The van der Waals surface area contributed by atoms with E-state index in [1.54, 1.807) is 24.3 Å². The van der Waals surface area contributed by atoms with Gasteiger partial charge in [0.2, 0.25) is 0 Å². The third-order valence-corrected chi connectivity index (χ3v) is 3.65. The monoisotopic (exact) mass is 291 g/mol. The first kappa shape index (κ1) is 14.7. The summed E-state index contributed by atoms with van der Waals surface area (Å²) in [4.78, 5) is 16.3. The van der Waals surface area contributed by atoms with Crippen molar-refractivity contribution in [2.24, 2.45) is 0 Å². The second-order valence-electron chi connectivity index (χ2n) is 4.29. The van der Waals surface area contributed by atoms with E-state index in [1.165, 1.54) is 11.8 Å². The van der Waals surface area contributed by atoms with Gasteiger partial charge in [-0.2, -0.15) is 0 Å². The number of nitrogens with zero attached hydrogens (tertiary/aromatic N) is 1. The number of ether oxygens (including phenoxy) is 1. The molecule has 106 valence electrons. The van der Waals surface area contributed by atoms with Crippen LogP contribution in [0.1, 0.15) is 28.7 Å². The smallest absolute Gasteiger partial charge is 0.256 e. The molecule has 0 N–H and O–H groups in total. The van der Waals surface area contributed by atoms with Crippen molar-refractivity contribution in [3.05, 3.63) is 41.3 Å². The summed E-state index contributed by atoms with van der Waals surface area (Å²) in [6, 6.07) is 7.17. The first-order valence-corrected chi connectivity index (χ1v) is 7.41. The third kappa shape index (κ3) is 3.63. The molecule has 0 amide bonds. The summed E-state index contributed by atoms with van der Waals surface area (Å²) in [5.41, 5.74) is 1.53. The molecule has 0 bridgehead atoms. The Kier molecular flexibility index (Phi) is 4.84. The number of rotatable bonds is 6. The van der Waals surface area contributed by atoms with Gasteiger partial charge >= 0.3 is 0 Å². The fraction of sp³-hybridized carbons (Fsp3) is 0.333. The van der Waals surface area contributed by atoms with Crippen molar-refractivity contribution in [2.45, 2.75) is 26.0 Å². The predicted molar refractivity (Wildman–Crippen MR) is 78.6 cm³/mol. The maximum atomic E-state index is 12.0. The lowest BCUT2D eigenvalue weighted by Gasteiger charge is -2.03. The molecule has 0 aliphatic carbocycles. The van der Waals surface area contributed by atoms with Crippen LogP contribution in [0.25, 0.3) is 0 Å². The minimum absolute atomic E-state index is 0.0477. The van der Waals surface area contributed by atoms with E-state index in [-0.39, 0.29) is 5.78 Å². The average molecular weight is 291 g/mol. The second kappa shape index (κ2) is 6.61. The zero-order chi connectivity index (χ0) is 14.5. The Morgan fingerprint density at radius 3 is 2.55 bits per heavy atom. The molecule has 0 radical (unpaired) electrons. The normalized spacial score (nSPS) is 10.6. The van der Waals surface area contributed by atoms with Crippen LogP contribution in [-0.2, 0) is 0 Å². The van der Waals surface area contributed by atoms with Gasteiger partial charge in [0.25, 0.3) is 5.22 Å². The van der Waals surface area contributed by atoms with Crippen molar-refractivity contribution in [3.63, 3.8) is 0 Å². The molecule has 4 nitrogen and oxygen atoms in total. The number of hydrogen-bond acceptors (Lipinski definition) is 5. The van der Waals surface area contributed by atoms with Gasteiger partial charge in [-0.05, 0) is 45.0 Å². The molecule has 1 aromatic carbocycles. The van der Waals surface area contributed by atoms with Crippen LogP contribution < -0.4 is 4.74 Å². The highest BCUT2D eigenvalue weighted by Crippen LogP contribution is 2.21. The topological polar surface area (TPSA) is 52.3 Å². The minimum Gasteiger partial charge on any atom is -0.494 e. The highest BCUT2D eigenvalue weighted by Gasteiger charge is 2.11. The number of carbonyl (C=O) groups excluding carboxylic acids is 1. The van der Waals surface area contributed by atoms with Gasteiger partial charge in [0, 0.05) is 5.56 Å². The Labute approximate surface area is 122 Å². The summed E-state index contributed by atoms with van der Waals surface area (Å²) in [6.07, 6.45) is 0. The largest absolute Gasteiger partial charge is 0.494 e. The molecule has 20 heavy (non-hydrogen) atoms. The van der Waals surface area contributed by atoms with Gasteiger partial charge in [0.05, 0.1) is 18.1 Å². The van der Waals surface area contributed by atoms with Crippen molar-refractivity contribution in [3.8, 4) is 5.75 Å². The number of ketones is 1. The lowest BCUT2D eigenvalue weighted by Crippen LogP contribution is -2.02. The van der Waals surface area contributed by atoms with E-state index >= 15 is 0 Å². The quantitative estimate of drug-likeness (QED) is 0.600. The molecule has 0 spiro atoms. The van der Waals surface area contributed by atoms with E-state index in [9.17, 15) is 4.79 Å². The van der Waals surface area contributed by atoms with E-state index < -0.39 is 0 Å². The summed E-state index contributed by atoms with van der Waals surface area (Å²) in [7, 11) is 0. The fourth-order valence-electron chi connectivity index (χ4n) is 1.62. The van der Waals surface area contributed by atoms with Gasteiger partial charge in [-0.15, -0.1) is 0 Å². The Hall–Kier alpha value is -1.75. The summed E-state index contributed by atoms with van der Waals surface area (Å²) >= 11 is 1.31. The van der Waals surface area contributed by atoms with Crippen LogP contribution >= 0.6 is 11.8 Å². The van der Waals surface area contributed by atoms with Gasteiger partial charge < -0.3 is 9.15 Å². The zero-order valence-electron chi connectivity index (χ0n) is 11.8. The van der Waals surface area contributed by atoms with Gasteiger partial charge in [0.15, 0.2) is 5.78 Å². The molecule has 0 fully saturated rings. The SMILES string of the molecule is CCOc1ccc(C(=O)CSc2nc(C)c(C)o2)cc1. The molecule has 2 rings (SSSR count). The number of Topliss-reactive ketones (excluding diaryl/α,β-unsaturated/α-hetero) is 1. The Morgan fingerprint density at radius 1 is 1.30 bits per heavy atom. The molecule has 0 aliphatic rings. The molecule has 0 aliphatic heterocycles. The van der Waals surface area contributed by atoms with E-state index in [0.29, 0.717) is 23.1 Å². The number of oxazole rings is 1. The molecule has 2 aromatic rings. The predicted octanol–water partition coefficient (Wildman–Crippen LogP) is 3.67. The van der Waals surface area contributed by atoms with E-state index in [4.69, 9.17) is 9.15 Å². The average Bonchev–Trinajstić information content (AvgIpc) is 2.76. The van der Waals surface area contributed by atoms with Crippen molar-refractivity contribution >= 4 is 17.5 Å². The molecule has 0 atom stereocenters. The lowest BCUT2D eigenvalue weighted by molar-refractivity contribution is 0.102. The van der Waals surface area contributed by atoms with Crippen LogP contribution in [0, 0.1) is 13.8 Å². The maximum absolute atomic E-state index is 12.0. The number of carbonyl (C=O) groups is 1. The second-order valence-corrected chi connectivity index (χ2v) is 5.22. The van der Waals surface area contributed by atoms with Crippen LogP contribution in [0.5, 0.6) is 5.75 Å². The summed E-state index contributed by atoms with van der Waals surface area (Å²) in [6.45, 7) is 6.29. The molecule has 0 saturated carbocycles. The van der Waals surface area contributed by atoms with Crippen LogP contribution in [0.2, 0.25) is 0 Å². The summed E-state index contributed by atoms with van der Waals surface area (Å²) in [5, 5.41) is 0.541. The van der Waals surface area contributed by atoms with Gasteiger partial charge in [-0.3, -0.25) is 4.79 Å². The van der Waals surface area contributed by atoms with E-state index in [2.05, 4.69) is 4.98 Å². The number of aryl methyl sites for hydroxylation is 2. The lowest BCUT2D eigenvalue weighted by atomic mass is 10.1. The maximum Gasteiger partial charge on any atom is 0.256 e. The zero-order valence-corrected chi connectivity index (χ0v) is 12.6. The molecule has 0 unspecified atom stereocenters. The first-order chi connectivity index (χ1) is 9.60. The van der Waals surface area contributed by atoms with Gasteiger partial charge in [0.1, 0.15) is 11.5 Å². The molecular weight excluding hydrogens is 274 g/mol. The fourth-order valence-corrected chi connectivity index (χ4v) is 2.43. The molecule has 5 heteroatoms. The van der Waals surface area contributed by atoms with Crippen molar-refractivity contribution in [2.75, 3.05) is 12.4 Å². The minimum atomic E-state index is 0.0477. The number of benzene rings is 1. The number of hydrogen-bond donors (Lipinski definition) is 0. The van der Waals surface area contributed by atoms with E-state index in [0.717, 1.165) is 17.2 Å². The number of aromatic nitrogens is 1. The standard InChI is InChI=1S/C15H17NO3S/c1-4-18-13-7-5-12(6-8-13)14(17)9-20-15-16-10(2)11(3)19-15/h5-8H,4,9H2,1-3H3. The van der Waals surface area contributed by atoms with Crippen molar-refractivity contribution in [1.82, 2.24) is 4.98 Å². The highest BCUT2D eigenvalue weighted by molar-refractivity contribution is 7.99. The molecule has 0 saturated heterocycles. The van der Waals surface area contributed by atoms with Crippen molar-refractivity contribution < 1.29 is 13.9 Å². The summed E-state index contributed by atoms with van der Waals surface area (Å²) < 4.78 is 10.8. The van der Waals surface area contributed by atoms with Crippen LogP contribution in [0.15, 0.2) is 33.9 Å². The van der Waals surface area contributed by atoms with Gasteiger partial charge in [-0.1, -0.05) is 11.8 Å². The van der Waals surface area contributed by atoms with Gasteiger partial charge in [-0.25, -0.2) is 4.98 Å². The summed E-state index contributed by atoms with van der Waals surface area (Å²) in [5.74, 6) is 1.93. The van der Waals surface area contributed by atoms with E-state index in [1.807, 2.05) is 20.8 Å². The Bertz CT molecular complexity index is 570. The third-order valence-electron chi connectivity index (χ3n) is 2.82. The highest BCUT2D eigenvalue weighted by atomic mass is 32.2. The number of thioether (sulfide) groups is 1. The Morgan fingerprint density at radius 2 is 2.00 bits per heavy atom. The van der Waals surface area contributed by atoms with Crippen LogP contribution in [-0.4, -0.2) is 23.1 Å². The van der Waals surface area contributed by atoms with Crippen LogP contribution in [0.4, 0.5) is 0 Å².